The van der Waals surface area contributed by atoms with Crippen LogP contribution in [0.4, 0.5) is 17.6 Å². The van der Waals surface area contributed by atoms with E-state index >= 15 is 0 Å². The zero-order chi connectivity index (χ0) is 13.2. The Morgan fingerprint density at radius 3 is 1.71 bits per heavy atom. The maximum Gasteiger partial charge on any atom is 0.254 e. The van der Waals surface area contributed by atoms with Crippen molar-refractivity contribution in [1.29, 1.82) is 0 Å². The molecule has 0 aliphatic heterocycles. The van der Waals surface area contributed by atoms with Crippen molar-refractivity contribution in [1.82, 2.24) is 4.98 Å². The Bertz CT molecular complexity index is 410. The van der Waals surface area contributed by atoms with E-state index in [0.717, 1.165) is 0 Å². The molecule has 0 fully saturated rings. The molecule has 0 atom stereocenters. The Labute approximate surface area is 98.9 Å². The molecule has 0 aliphatic rings. The highest BCUT2D eigenvalue weighted by Gasteiger charge is 2.38. The Morgan fingerprint density at radius 1 is 0.824 bits per heavy atom. The number of aromatic nitrogens is 1. The zero-order valence-corrected chi connectivity index (χ0v) is 11.1. The molecule has 1 aromatic heterocycles. The summed E-state index contributed by atoms with van der Waals surface area (Å²) in [7, 11) is -2.46. The highest BCUT2D eigenvalue weighted by molar-refractivity contribution is 6.91. The minimum atomic E-state index is -2.46. The number of rotatable bonds is 4. The summed E-state index contributed by atoms with van der Waals surface area (Å²) >= 11 is 0. The van der Waals surface area contributed by atoms with Gasteiger partial charge in [-0.2, -0.15) is 18.2 Å². The monoisotopic (exact) mass is 265 g/mol. The highest BCUT2D eigenvalue weighted by atomic mass is 28.3. The molecule has 1 nitrogen and oxygen atoms in total. The summed E-state index contributed by atoms with van der Waals surface area (Å²) < 4.78 is 53.3. The van der Waals surface area contributed by atoms with Gasteiger partial charge in [-0.15, -0.1) is 0 Å². The van der Waals surface area contributed by atoms with E-state index in [4.69, 9.17) is 0 Å². The van der Waals surface area contributed by atoms with E-state index in [1.807, 2.05) is 20.8 Å². The second kappa shape index (κ2) is 5.16. The van der Waals surface area contributed by atoms with E-state index in [1.54, 1.807) is 0 Å². The molecule has 0 N–H and O–H groups in total. The minimum absolute atomic E-state index is 0.302. The van der Waals surface area contributed by atoms with Crippen molar-refractivity contribution in [2.75, 3.05) is 0 Å². The summed E-state index contributed by atoms with van der Waals surface area (Å²) in [5.74, 6) is -5.98. The van der Waals surface area contributed by atoms with Crippen LogP contribution < -0.4 is 5.19 Å². The molecule has 0 saturated carbocycles. The number of halogens is 4. The fourth-order valence-corrected chi connectivity index (χ4v) is 5.84. The van der Waals surface area contributed by atoms with Crippen molar-refractivity contribution in [3.8, 4) is 0 Å². The lowest BCUT2D eigenvalue weighted by atomic mass is 10.4. The Hall–Kier alpha value is -0.913. The van der Waals surface area contributed by atoms with Crippen molar-refractivity contribution < 1.29 is 17.6 Å². The molecule has 0 aromatic carbocycles. The van der Waals surface area contributed by atoms with Crippen molar-refractivity contribution in [2.24, 2.45) is 0 Å². The average molecular weight is 265 g/mol. The van der Waals surface area contributed by atoms with E-state index in [2.05, 4.69) is 4.98 Å². The average Bonchev–Trinajstić information content (AvgIpc) is 2.32. The first-order chi connectivity index (χ1) is 7.93. The molecule has 0 radical (unpaired) electrons. The second-order valence-corrected chi connectivity index (χ2v) is 9.22. The van der Waals surface area contributed by atoms with Gasteiger partial charge in [0.25, 0.3) is 5.95 Å². The predicted molar refractivity (Wildman–Crippen MR) is 60.9 cm³/mol. The van der Waals surface area contributed by atoms with Gasteiger partial charge in [-0.25, -0.2) is 4.39 Å². The van der Waals surface area contributed by atoms with Crippen molar-refractivity contribution in [3.63, 3.8) is 0 Å². The van der Waals surface area contributed by atoms with Crippen LogP contribution in [0.2, 0.25) is 18.1 Å². The van der Waals surface area contributed by atoms with Crippen molar-refractivity contribution >= 4 is 13.3 Å². The predicted octanol–water partition coefficient (Wildman–Crippen LogP) is 3.35. The molecule has 1 heterocycles. The first kappa shape index (κ1) is 14.1. The molecular formula is C11H15F4NSi. The summed E-state index contributed by atoms with van der Waals surface area (Å²) in [5, 5.41) is -0.302. The zero-order valence-electron chi connectivity index (χ0n) is 10.1. The van der Waals surface area contributed by atoms with Gasteiger partial charge in [0.2, 0.25) is 11.8 Å². The molecule has 0 bridgehead atoms. The quantitative estimate of drug-likeness (QED) is 0.462. The Balaban J connectivity index is 3.54. The molecule has 17 heavy (non-hydrogen) atoms. The summed E-state index contributed by atoms with van der Waals surface area (Å²) in [6.45, 7) is 5.46. The molecule has 0 saturated heterocycles. The van der Waals surface area contributed by atoms with Crippen molar-refractivity contribution in [3.05, 3.63) is 23.5 Å². The first-order valence-corrected chi connectivity index (χ1v) is 8.26. The van der Waals surface area contributed by atoms with Gasteiger partial charge in [0, 0.05) is 5.19 Å². The molecule has 0 unspecified atom stereocenters. The summed E-state index contributed by atoms with van der Waals surface area (Å²) in [4.78, 5) is 2.83. The third kappa shape index (κ3) is 2.22. The van der Waals surface area contributed by atoms with Crippen LogP contribution in [0.15, 0.2) is 0 Å². The maximum absolute atomic E-state index is 13.7. The van der Waals surface area contributed by atoms with E-state index in [0.29, 0.717) is 18.1 Å². The third-order valence-electron chi connectivity index (χ3n) is 3.56. The van der Waals surface area contributed by atoms with Gasteiger partial charge in [-0.3, -0.25) is 0 Å². The molecule has 0 aliphatic carbocycles. The fourth-order valence-electron chi connectivity index (χ4n) is 2.21. The van der Waals surface area contributed by atoms with Gasteiger partial charge in [0.1, 0.15) is 0 Å². The van der Waals surface area contributed by atoms with Gasteiger partial charge in [-0.1, -0.05) is 38.9 Å². The van der Waals surface area contributed by atoms with Gasteiger partial charge < -0.3 is 0 Å². The molecule has 6 heteroatoms. The van der Waals surface area contributed by atoms with Crippen LogP contribution in [-0.2, 0) is 0 Å². The van der Waals surface area contributed by atoms with E-state index in [1.165, 1.54) is 0 Å². The van der Waals surface area contributed by atoms with Gasteiger partial charge >= 0.3 is 0 Å². The lowest BCUT2D eigenvalue weighted by Gasteiger charge is -2.28. The molecule has 0 amide bonds. The van der Waals surface area contributed by atoms with Crippen LogP contribution in [0, 0.1) is 23.5 Å². The van der Waals surface area contributed by atoms with Gasteiger partial charge in [0.05, 0.1) is 8.07 Å². The normalized spacial score (nSPS) is 11.9. The summed E-state index contributed by atoms with van der Waals surface area (Å²) in [5.41, 5.74) is 0. The largest absolute Gasteiger partial charge is 0.254 e. The number of pyridine rings is 1. The Kier molecular flexibility index (Phi) is 4.29. The van der Waals surface area contributed by atoms with Crippen LogP contribution in [0.1, 0.15) is 20.8 Å². The van der Waals surface area contributed by atoms with Crippen LogP contribution in [0.25, 0.3) is 0 Å². The third-order valence-corrected chi connectivity index (χ3v) is 9.10. The Morgan fingerprint density at radius 2 is 1.29 bits per heavy atom. The molecule has 1 rings (SSSR count). The molecule has 1 aromatic rings. The van der Waals surface area contributed by atoms with Crippen LogP contribution in [-0.4, -0.2) is 13.1 Å². The number of hydrogen-bond donors (Lipinski definition) is 0. The van der Waals surface area contributed by atoms with Crippen LogP contribution in [0.3, 0.4) is 0 Å². The van der Waals surface area contributed by atoms with Crippen LogP contribution >= 0.6 is 0 Å². The lowest BCUT2D eigenvalue weighted by molar-refractivity contribution is 0.407. The SMILES string of the molecule is CC[Si](CC)(CC)c1c(F)nc(F)c(F)c1F. The smallest absolute Gasteiger partial charge is 0.204 e. The topological polar surface area (TPSA) is 12.9 Å². The second-order valence-electron chi connectivity index (χ2n) is 4.04. The van der Waals surface area contributed by atoms with E-state index < -0.39 is 31.6 Å². The minimum Gasteiger partial charge on any atom is -0.204 e. The maximum atomic E-state index is 13.7. The van der Waals surface area contributed by atoms with E-state index in [-0.39, 0.29) is 5.19 Å². The molecular weight excluding hydrogens is 250 g/mol. The standard InChI is InChI=1S/C11H15F4NSi/c1-4-17(5-2,6-3)9-7(12)8(13)10(14)16-11(9)15/h4-6H2,1-3H3. The molecule has 96 valence electrons. The van der Waals surface area contributed by atoms with E-state index in [9.17, 15) is 17.6 Å². The van der Waals surface area contributed by atoms with Crippen LogP contribution in [0.5, 0.6) is 0 Å². The first-order valence-electron chi connectivity index (χ1n) is 5.64. The highest BCUT2D eigenvalue weighted by Crippen LogP contribution is 2.23. The van der Waals surface area contributed by atoms with Gasteiger partial charge in [-0.05, 0) is 0 Å². The van der Waals surface area contributed by atoms with Gasteiger partial charge in [0.15, 0.2) is 5.82 Å². The fraction of sp³-hybridized carbons (Fsp3) is 0.545. The summed E-state index contributed by atoms with van der Waals surface area (Å²) in [6, 6.07) is 1.71. The van der Waals surface area contributed by atoms with Crippen molar-refractivity contribution in [2.45, 2.75) is 38.9 Å². The number of nitrogens with zero attached hydrogens (tertiary/aromatic N) is 1. The number of hydrogen-bond acceptors (Lipinski definition) is 1. The molecule has 0 spiro atoms. The lowest BCUT2D eigenvalue weighted by Crippen LogP contribution is -2.50. The summed E-state index contributed by atoms with van der Waals surface area (Å²) in [6.07, 6.45) is 0.